The average Bonchev–Trinajstić information content (AvgIpc) is 2.92. The van der Waals surface area contributed by atoms with E-state index in [-0.39, 0.29) is 0 Å². The third-order valence-electron chi connectivity index (χ3n) is 4.51. The predicted octanol–water partition coefficient (Wildman–Crippen LogP) is 4.77. The molecule has 2 nitrogen and oxygen atoms in total. The van der Waals surface area contributed by atoms with Crippen LogP contribution < -0.4 is 5.32 Å². The highest BCUT2D eigenvalue weighted by atomic mass is 14.9. The molecule has 1 N–H and O–H groups in total. The van der Waals surface area contributed by atoms with Crippen molar-refractivity contribution in [1.82, 2.24) is 4.98 Å². The molecule has 0 amide bonds. The van der Waals surface area contributed by atoms with E-state index >= 15 is 0 Å². The largest absolute Gasteiger partial charge is 0.382 e. The molecular formula is C18H24N2. The number of rotatable bonds is 3. The number of benzene rings is 1. The second-order valence-electron chi connectivity index (χ2n) is 6.09. The number of anilines is 1. The maximum Gasteiger partial charge on any atom is 0.0709 e. The number of hydrogen-bond donors (Lipinski definition) is 1. The lowest BCUT2D eigenvalue weighted by atomic mass is 10.0. The number of nitrogens with one attached hydrogen (secondary N) is 1. The van der Waals surface area contributed by atoms with Crippen LogP contribution in [-0.4, -0.2) is 11.0 Å². The Morgan fingerprint density at radius 2 is 1.85 bits per heavy atom. The molecule has 1 saturated carbocycles. The lowest BCUT2D eigenvalue weighted by Crippen LogP contribution is -2.15. The van der Waals surface area contributed by atoms with E-state index in [2.05, 4.69) is 44.3 Å². The van der Waals surface area contributed by atoms with Crippen LogP contribution in [0.2, 0.25) is 0 Å². The van der Waals surface area contributed by atoms with Crippen molar-refractivity contribution < 1.29 is 0 Å². The van der Waals surface area contributed by atoms with E-state index in [0.717, 1.165) is 11.9 Å². The average molecular weight is 268 g/mol. The number of fused-ring (bicyclic) bond motifs is 1. The number of hydrogen-bond acceptors (Lipinski definition) is 2. The van der Waals surface area contributed by atoms with Crippen LogP contribution in [0.1, 0.15) is 49.4 Å². The fourth-order valence-corrected chi connectivity index (χ4v) is 3.28. The Labute approximate surface area is 121 Å². The van der Waals surface area contributed by atoms with Crippen molar-refractivity contribution in [1.29, 1.82) is 0 Å². The first-order chi connectivity index (χ1) is 9.67. The van der Waals surface area contributed by atoms with Crippen LogP contribution in [-0.2, 0) is 6.42 Å². The summed E-state index contributed by atoms with van der Waals surface area (Å²) in [6.45, 7) is 6.52. The third-order valence-corrected chi connectivity index (χ3v) is 4.51. The zero-order valence-corrected chi connectivity index (χ0v) is 12.8. The molecule has 106 valence electrons. The van der Waals surface area contributed by atoms with Crippen LogP contribution in [0.4, 0.5) is 5.69 Å². The maximum atomic E-state index is 4.80. The van der Waals surface area contributed by atoms with Crippen LogP contribution in [0.25, 0.3) is 10.9 Å². The van der Waals surface area contributed by atoms with Crippen LogP contribution in [0.5, 0.6) is 0 Å². The predicted molar refractivity (Wildman–Crippen MR) is 86.5 cm³/mol. The van der Waals surface area contributed by atoms with Gasteiger partial charge in [-0.05, 0) is 62.4 Å². The number of aromatic nitrogens is 1. The van der Waals surface area contributed by atoms with Gasteiger partial charge in [0.15, 0.2) is 0 Å². The van der Waals surface area contributed by atoms with Gasteiger partial charge >= 0.3 is 0 Å². The summed E-state index contributed by atoms with van der Waals surface area (Å²) in [7, 11) is 0. The molecule has 0 atom stereocenters. The fourth-order valence-electron chi connectivity index (χ4n) is 3.28. The number of aryl methyl sites for hydroxylation is 3. The van der Waals surface area contributed by atoms with Crippen LogP contribution in [0.3, 0.4) is 0 Å². The third kappa shape index (κ3) is 2.52. The topological polar surface area (TPSA) is 24.9 Å². The molecule has 1 aromatic carbocycles. The quantitative estimate of drug-likeness (QED) is 0.867. The summed E-state index contributed by atoms with van der Waals surface area (Å²) in [5.74, 6) is 0. The SMILES string of the molecule is CCc1nc2cc(C)c(NC3CCCC3)cc2cc1C. The summed E-state index contributed by atoms with van der Waals surface area (Å²) < 4.78 is 0. The van der Waals surface area contributed by atoms with Gasteiger partial charge in [-0.25, -0.2) is 0 Å². The molecule has 1 aliphatic rings. The van der Waals surface area contributed by atoms with Gasteiger partial charge in [-0.2, -0.15) is 0 Å². The molecule has 0 radical (unpaired) electrons. The molecule has 1 aliphatic carbocycles. The molecule has 0 unspecified atom stereocenters. The van der Waals surface area contributed by atoms with Crippen molar-refractivity contribution >= 4 is 16.6 Å². The van der Waals surface area contributed by atoms with Crippen molar-refractivity contribution in [3.05, 3.63) is 35.0 Å². The Morgan fingerprint density at radius 3 is 2.55 bits per heavy atom. The molecule has 2 aromatic rings. The fraction of sp³-hybridized carbons (Fsp3) is 0.500. The molecule has 0 aliphatic heterocycles. The van der Waals surface area contributed by atoms with Crippen LogP contribution in [0, 0.1) is 13.8 Å². The van der Waals surface area contributed by atoms with Gasteiger partial charge in [0, 0.05) is 22.8 Å². The zero-order chi connectivity index (χ0) is 14.1. The highest BCUT2D eigenvalue weighted by Crippen LogP contribution is 2.28. The Morgan fingerprint density at radius 1 is 1.10 bits per heavy atom. The molecule has 3 rings (SSSR count). The van der Waals surface area contributed by atoms with E-state index < -0.39 is 0 Å². The molecule has 0 spiro atoms. The summed E-state index contributed by atoms with van der Waals surface area (Å²) in [5, 5.41) is 4.98. The molecule has 0 saturated heterocycles. The van der Waals surface area contributed by atoms with Crippen LogP contribution in [0.15, 0.2) is 18.2 Å². The first kappa shape index (κ1) is 13.4. The number of nitrogens with zero attached hydrogens (tertiary/aromatic N) is 1. The standard InChI is InChI=1S/C18H24N2/c1-4-16-12(2)9-14-11-17(13(3)10-18(14)20-16)19-15-7-5-6-8-15/h9-11,15,19H,4-8H2,1-3H3. The second kappa shape index (κ2) is 5.43. The minimum absolute atomic E-state index is 0.662. The van der Waals surface area contributed by atoms with Gasteiger partial charge in [-0.1, -0.05) is 19.8 Å². The summed E-state index contributed by atoms with van der Waals surface area (Å²) in [6.07, 6.45) is 6.35. The van der Waals surface area contributed by atoms with Gasteiger partial charge in [0.25, 0.3) is 0 Å². The maximum absolute atomic E-state index is 4.80. The van der Waals surface area contributed by atoms with Crippen molar-refractivity contribution in [2.75, 3.05) is 5.32 Å². The molecular weight excluding hydrogens is 244 g/mol. The highest BCUT2D eigenvalue weighted by Gasteiger charge is 2.15. The van der Waals surface area contributed by atoms with E-state index in [1.807, 2.05) is 0 Å². The Balaban J connectivity index is 1.99. The van der Waals surface area contributed by atoms with E-state index in [4.69, 9.17) is 4.98 Å². The Bertz CT molecular complexity index is 625. The summed E-state index contributed by atoms with van der Waals surface area (Å²) in [5.41, 5.74) is 6.24. The monoisotopic (exact) mass is 268 g/mol. The normalized spacial score (nSPS) is 15.9. The van der Waals surface area contributed by atoms with E-state index in [9.17, 15) is 0 Å². The minimum atomic E-state index is 0.662. The van der Waals surface area contributed by atoms with Gasteiger partial charge in [-0.15, -0.1) is 0 Å². The van der Waals surface area contributed by atoms with E-state index in [1.165, 1.54) is 53.6 Å². The summed E-state index contributed by atoms with van der Waals surface area (Å²) in [6, 6.07) is 7.45. The Hall–Kier alpha value is -1.57. The Kier molecular flexibility index (Phi) is 3.64. The van der Waals surface area contributed by atoms with Crippen LogP contribution >= 0.6 is 0 Å². The van der Waals surface area contributed by atoms with Gasteiger partial charge in [-0.3, -0.25) is 4.98 Å². The summed E-state index contributed by atoms with van der Waals surface area (Å²) in [4.78, 5) is 4.80. The van der Waals surface area contributed by atoms with Gasteiger partial charge in [0.1, 0.15) is 0 Å². The smallest absolute Gasteiger partial charge is 0.0709 e. The molecule has 1 aromatic heterocycles. The molecule has 20 heavy (non-hydrogen) atoms. The number of pyridine rings is 1. The van der Waals surface area contributed by atoms with Crippen molar-refractivity contribution in [2.24, 2.45) is 0 Å². The highest BCUT2D eigenvalue weighted by molar-refractivity contribution is 5.85. The van der Waals surface area contributed by atoms with Crippen molar-refractivity contribution in [3.8, 4) is 0 Å². The zero-order valence-electron chi connectivity index (χ0n) is 12.8. The molecule has 1 heterocycles. The van der Waals surface area contributed by atoms with Crippen molar-refractivity contribution in [3.63, 3.8) is 0 Å². The molecule has 1 fully saturated rings. The van der Waals surface area contributed by atoms with E-state index in [0.29, 0.717) is 6.04 Å². The first-order valence-corrected chi connectivity index (χ1v) is 7.85. The van der Waals surface area contributed by atoms with Gasteiger partial charge in [0.05, 0.1) is 5.52 Å². The molecule has 2 heteroatoms. The van der Waals surface area contributed by atoms with E-state index in [1.54, 1.807) is 0 Å². The lowest BCUT2D eigenvalue weighted by molar-refractivity contribution is 0.755. The van der Waals surface area contributed by atoms with Gasteiger partial charge in [0.2, 0.25) is 0 Å². The lowest BCUT2D eigenvalue weighted by Gasteiger charge is -2.17. The summed E-state index contributed by atoms with van der Waals surface area (Å²) >= 11 is 0. The molecule has 0 bridgehead atoms. The van der Waals surface area contributed by atoms with Crippen molar-refractivity contribution in [2.45, 2.75) is 58.9 Å². The van der Waals surface area contributed by atoms with Gasteiger partial charge < -0.3 is 5.32 Å². The first-order valence-electron chi connectivity index (χ1n) is 7.85. The second-order valence-corrected chi connectivity index (χ2v) is 6.09. The minimum Gasteiger partial charge on any atom is -0.382 e.